The zero-order chi connectivity index (χ0) is 13.0. The van der Waals surface area contributed by atoms with Gasteiger partial charge in [-0.25, -0.2) is 0 Å². The van der Waals surface area contributed by atoms with Gasteiger partial charge in [-0.3, -0.25) is 14.9 Å². The highest BCUT2D eigenvalue weighted by atomic mass is 79.9. The van der Waals surface area contributed by atoms with Crippen molar-refractivity contribution in [1.29, 1.82) is 0 Å². The van der Waals surface area contributed by atoms with Crippen LogP contribution in [0.4, 0.5) is 5.69 Å². The molecular formula is C10H11BrN2O4. The Hall–Kier alpha value is -1.63. The van der Waals surface area contributed by atoms with E-state index in [9.17, 15) is 14.9 Å². The summed E-state index contributed by atoms with van der Waals surface area (Å²) >= 11 is 3.19. The van der Waals surface area contributed by atoms with E-state index < -0.39 is 4.92 Å². The molecule has 1 aromatic rings. The number of nitro benzene ring substituents is 1. The maximum atomic E-state index is 11.3. The summed E-state index contributed by atoms with van der Waals surface area (Å²) in [5.74, 6) is 0.0535. The normalized spacial score (nSPS) is 9.82. The van der Waals surface area contributed by atoms with Crippen LogP contribution in [0.15, 0.2) is 22.7 Å². The Bertz CT molecular complexity index is 448. The van der Waals surface area contributed by atoms with Gasteiger partial charge in [0.05, 0.1) is 15.5 Å². The number of rotatable bonds is 4. The minimum absolute atomic E-state index is 0.0829. The number of non-ortho nitro benzene ring substituents is 1. The molecule has 0 N–H and O–H groups in total. The quantitative estimate of drug-likeness (QED) is 0.628. The summed E-state index contributed by atoms with van der Waals surface area (Å²) in [6, 6.07) is 4.13. The van der Waals surface area contributed by atoms with Gasteiger partial charge in [-0.15, -0.1) is 0 Å². The van der Waals surface area contributed by atoms with E-state index >= 15 is 0 Å². The average molecular weight is 303 g/mol. The molecule has 0 heterocycles. The summed E-state index contributed by atoms with van der Waals surface area (Å²) in [6.07, 6.45) is 0. The molecule has 17 heavy (non-hydrogen) atoms. The zero-order valence-corrected chi connectivity index (χ0v) is 10.9. The van der Waals surface area contributed by atoms with Gasteiger partial charge in [0.1, 0.15) is 5.75 Å². The van der Waals surface area contributed by atoms with Gasteiger partial charge in [0, 0.05) is 20.2 Å². The molecule has 0 saturated carbocycles. The van der Waals surface area contributed by atoms with E-state index in [1.807, 2.05) is 0 Å². The Morgan fingerprint density at radius 2 is 2.18 bits per heavy atom. The largest absolute Gasteiger partial charge is 0.482 e. The molecule has 0 radical (unpaired) electrons. The van der Waals surface area contributed by atoms with Crippen LogP contribution < -0.4 is 4.74 Å². The second-order valence-electron chi connectivity index (χ2n) is 3.45. The van der Waals surface area contributed by atoms with Crippen molar-refractivity contribution in [1.82, 2.24) is 4.90 Å². The lowest BCUT2D eigenvalue weighted by molar-refractivity contribution is -0.385. The van der Waals surface area contributed by atoms with Crippen LogP contribution in [0, 0.1) is 10.1 Å². The molecule has 0 saturated heterocycles. The molecule has 6 nitrogen and oxygen atoms in total. The molecule has 0 bridgehead atoms. The van der Waals surface area contributed by atoms with Gasteiger partial charge in [0.2, 0.25) is 0 Å². The molecule has 1 aromatic carbocycles. The predicted octanol–water partition coefficient (Wildman–Crippen LogP) is 1.82. The van der Waals surface area contributed by atoms with Crippen LogP contribution in [0.5, 0.6) is 5.75 Å². The number of nitrogens with zero attached hydrogens (tertiary/aromatic N) is 2. The van der Waals surface area contributed by atoms with Gasteiger partial charge < -0.3 is 9.64 Å². The van der Waals surface area contributed by atoms with Crippen LogP contribution in [0.2, 0.25) is 0 Å². The van der Waals surface area contributed by atoms with Crippen molar-refractivity contribution in [3.05, 3.63) is 32.8 Å². The Labute approximate surface area is 106 Å². The molecule has 92 valence electrons. The summed E-state index contributed by atoms with van der Waals surface area (Å²) in [4.78, 5) is 22.7. The molecule has 0 aromatic heterocycles. The summed E-state index contributed by atoms with van der Waals surface area (Å²) in [7, 11) is 3.21. The van der Waals surface area contributed by atoms with Crippen LogP contribution in [0.3, 0.4) is 0 Å². The monoisotopic (exact) mass is 302 g/mol. The fourth-order valence-corrected chi connectivity index (χ4v) is 1.35. The van der Waals surface area contributed by atoms with Crippen LogP contribution in [-0.4, -0.2) is 36.4 Å². The topological polar surface area (TPSA) is 72.7 Å². The van der Waals surface area contributed by atoms with E-state index in [2.05, 4.69) is 15.9 Å². The molecule has 0 fully saturated rings. The maximum Gasteiger partial charge on any atom is 0.273 e. The first kappa shape index (κ1) is 13.4. The molecular weight excluding hydrogens is 292 g/mol. The SMILES string of the molecule is CN(C)C(=O)COc1cc([N+](=O)[O-])ccc1Br. The van der Waals surface area contributed by atoms with Gasteiger partial charge in [-0.2, -0.15) is 0 Å². The number of hydrogen-bond donors (Lipinski definition) is 0. The average Bonchev–Trinajstić information content (AvgIpc) is 2.26. The third-order valence-corrected chi connectivity index (χ3v) is 2.63. The second kappa shape index (κ2) is 5.62. The number of hydrogen-bond acceptors (Lipinski definition) is 4. The summed E-state index contributed by atoms with van der Waals surface area (Å²) < 4.78 is 5.77. The molecule has 1 rings (SSSR count). The Morgan fingerprint density at radius 3 is 2.71 bits per heavy atom. The van der Waals surface area contributed by atoms with Gasteiger partial charge in [0.25, 0.3) is 11.6 Å². The first-order chi connectivity index (χ1) is 7.91. The fraction of sp³-hybridized carbons (Fsp3) is 0.300. The minimum Gasteiger partial charge on any atom is -0.482 e. The number of benzene rings is 1. The number of halogens is 1. The summed E-state index contributed by atoms with van der Waals surface area (Å²) in [6.45, 7) is -0.160. The molecule has 0 aliphatic rings. The highest BCUT2D eigenvalue weighted by Gasteiger charge is 2.12. The van der Waals surface area contributed by atoms with Crippen molar-refractivity contribution in [2.45, 2.75) is 0 Å². The van der Waals surface area contributed by atoms with Gasteiger partial charge in [-0.1, -0.05) is 0 Å². The van der Waals surface area contributed by atoms with Crippen LogP contribution in [0.1, 0.15) is 0 Å². The van der Waals surface area contributed by atoms with Gasteiger partial charge >= 0.3 is 0 Å². The Balaban J connectivity index is 2.80. The van der Waals surface area contributed by atoms with E-state index in [0.717, 1.165) is 0 Å². The highest BCUT2D eigenvalue weighted by Crippen LogP contribution is 2.29. The molecule has 7 heteroatoms. The number of amides is 1. The molecule has 0 unspecified atom stereocenters. The molecule has 0 aliphatic heterocycles. The fourth-order valence-electron chi connectivity index (χ4n) is 0.985. The van der Waals surface area contributed by atoms with Crippen molar-refractivity contribution in [2.24, 2.45) is 0 Å². The van der Waals surface area contributed by atoms with Crippen molar-refractivity contribution in [3.63, 3.8) is 0 Å². The molecule has 0 spiro atoms. The molecule has 1 amide bonds. The number of carbonyl (C=O) groups excluding carboxylic acids is 1. The van der Waals surface area contributed by atoms with E-state index in [0.29, 0.717) is 4.47 Å². The smallest absolute Gasteiger partial charge is 0.273 e. The maximum absolute atomic E-state index is 11.3. The summed E-state index contributed by atoms with van der Waals surface area (Å²) in [5.41, 5.74) is -0.0829. The Morgan fingerprint density at radius 1 is 1.53 bits per heavy atom. The third-order valence-electron chi connectivity index (χ3n) is 1.98. The summed E-state index contributed by atoms with van der Waals surface area (Å²) in [5, 5.41) is 10.6. The van der Waals surface area contributed by atoms with Crippen LogP contribution in [0.25, 0.3) is 0 Å². The molecule has 0 aliphatic carbocycles. The lowest BCUT2D eigenvalue weighted by Crippen LogP contribution is -2.27. The van der Waals surface area contributed by atoms with E-state index in [1.54, 1.807) is 14.1 Å². The van der Waals surface area contributed by atoms with Gasteiger partial charge in [-0.05, 0) is 22.0 Å². The van der Waals surface area contributed by atoms with Crippen molar-refractivity contribution >= 4 is 27.5 Å². The predicted molar refractivity (Wildman–Crippen MR) is 65.0 cm³/mol. The van der Waals surface area contributed by atoms with Gasteiger partial charge in [0.15, 0.2) is 6.61 Å². The van der Waals surface area contributed by atoms with Crippen LogP contribution in [-0.2, 0) is 4.79 Å². The highest BCUT2D eigenvalue weighted by molar-refractivity contribution is 9.10. The zero-order valence-electron chi connectivity index (χ0n) is 9.34. The number of nitro groups is 1. The first-order valence-electron chi connectivity index (χ1n) is 4.68. The van der Waals surface area contributed by atoms with Crippen molar-refractivity contribution < 1.29 is 14.5 Å². The second-order valence-corrected chi connectivity index (χ2v) is 4.30. The van der Waals surface area contributed by atoms with E-state index in [-0.39, 0.29) is 24.0 Å². The lowest BCUT2D eigenvalue weighted by Gasteiger charge is -2.12. The number of carbonyl (C=O) groups is 1. The van der Waals surface area contributed by atoms with E-state index in [1.165, 1.54) is 23.1 Å². The van der Waals surface area contributed by atoms with E-state index in [4.69, 9.17) is 4.74 Å². The number of ether oxygens (including phenoxy) is 1. The number of likely N-dealkylation sites (N-methyl/N-ethyl adjacent to an activating group) is 1. The van der Waals surface area contributed by atoms with Crippen LogP contribution >= 0.6 is 15.9 Å². The standard InChI is InChI=1S/C10H11BrN2O4/c1-12(2)10(14)6-17-9-5-7(13(15)16)3-4-8(9)11/h3-5H,6H2,1-2H3. The minimum atomic E-state index is -0.521. The first-order valence-corrected chi connectivity index (χ1v) is 5.48. The lowest BCUT2D eigenvalue weighted by atomic mass is 10.3. The van der Waals surface area contributed by atoms with Crippen molar-refractivity contribution in [2.75, 3.05) is 20.7 Å². The third kappa shape index (κ3) is 3.70. The Kier molecular flexibility index (Phi) is 4.45. The van der Waals surface area contributed by atoms with Crippen molar-refractivity contribution in [3.8, 4) is 5.75 Å². The molecule has 0 atom stereocenters.